The minimum atomic E-state index is 0.0483. The Morgan fingerprint density at radius 3 is 1.44 bits per heavy atom. The third-order valence-corrected chi connectivity index (χ3v) is 10.3. The van der Waals surface area contributed by atoms with Crippen LogP contribution >= 0.6 is 0 Å². The fraction of sp³-hybridized carbons (Fsp3) is 0.174. The van der Waals surface area contributed by atoms with Crippen LogP contribution in [0.4, 0.5) is 0 Å². The van der Waals surface area contributed by atoms with Crippen molar-refractivity contribution in [1.82, 2.24) is 4.57 Å². The van der Waals surface area contributed by atoms with Gasteiger partial charge in [-0.15, -0.1) is 0 Å². The summed E-state index contributed by atoms with van der Waals surface area (Å²) >= 11 is 0. The van der Waals surface area contributed by atoms with E-state index in [0.717, 1.165) is 21.9 Å². The zero-order valence-corrected chi connectivity index (χ0v) is 28.5. The number of aromatic nitrogens is 1. The zero-order valence-electron chi connectivity index (χ0n) is 28.5. The molecular formula is C46H39NO. The second kappa shape index (κ2) is 10.1. The summed E-state index contributed by atoms with van der Waals surface area (Å²) in [6.45, 7) is 13.8. The summed E-state index contributed by atoms with van der Waals surface area (Å²) in [4.78, 5) is 0. The zero-order chi connectivity index (χ0) is 32.9. The molecule has 0 saturated heterocycles. The van der Waals surface area contributed by atoms with Crippen LogP contribution in [-0.4, -0.2) is 4.57 Å². The molecule has 2 heteroatoms. The van der Waals surface area contributed by atoms with E-state index in [2.05, 4.69) is 167 Å². The van der Waals surface area contributed by atoms with Crippen molar-refractivity contribution in [2.75, 3.05) is 0 Å². The van der Waals surface area contributed by atoms with Gasteiger partial charge in [-0.05, 0) is 86.3 Å². The molecule has 9 aromatic rings. The first-order valence-corrected chi connectivity index (χ1v) is 17.0. The van der Waals surface area contributed by atoms with Gasteiger partial charge in [0.1, 0.15) is 11.2 Å². The standard InChI is InChI=1S/C46H39NO/c1-45(2,3)29-20-22-39-36(26-29)37-27-30(46(4,5)6)21-23-40(37)47(39)44-34-16-9-7-14-32(34)43(33-15-8-10-17-35(33)44)28-19-24-42-38(25-28)31-13-11-12-18-41(31)48-42/h7-27H,1-6H3. The van der Waals surface area contributed by atoms with Gasteiger partial charge >= 0.3 is 0 Å². The predicted octanol–water partition coefficient (Wildman–Crippen LogP) is 13.3. The van der Waals surface area contributed by atoms with Crippen LogP contribution in [0, 0.1) is 0 Å². The van der Waals surface area contributed by atoms with Gasteiger partial charge in [-0.25, -0.2) is 0 Å². The van der Waals surface area contributed by atoms with E-state index in [1.165, 1.54) is 71.3 Å². The molecule has 0 spiro atoms. The third kappa shape index (κ3) is 4.25. The molecule has 7 aromatic carbocycles. The second-order valence-electron chi connectivity index (χ2n) is 15.4. The first kappa shape index (κ1) is 28.8. The van der Waals surface area contributed by atoms with Gasteiger partial charge in [-0.1, -0.05) is 126 Å². The fourth-order valence-electron chi connectivity index (χ4n) is 7.74. The number of hydrogen-bond donors (Lipinski definition) is 0. The molecule has 9 rings (SSSR count). The van der Waals surface area contributed by atoms with Crippen LogP contribution in [-0.2, 0) is 10.8 Å². The number of furan rings is 1. The molecule has 0 radical (unpaired) electrons. The van der Waals surface area contributed by atoms with Gasteiger partial charge in [-0.3, -0.25) is 0 Å². The summed E-state index contributed by atoms with van der Waals surface area (Å²) < 4.78 is 8.76. The normalized spacial score (nSPS) is 12.8. The molecule has 0 bridgehead atoms. The lowest BCUT2D eigenvalue weighted by Crippen LogP contribution is -2.10. The number of nitrogens with zero attached hydrogens (tertiary/aromatic N) is 1. The van der Waals surface area contributed by atoms with Crippen molar-refractivity contribution in [2.24, 2.45) is 0 Å². The van der Waals surface area contributed by atoms with Crippen molar-refractivity contribution in [2.45, 2.75) is 52.4 Å². The van der Waals surface area contributed by atoms with E-state index in [4.69, 9.17) is 4.42 Å². The lowest BCUT2D eigenvalue weighted by atomic mass is 9.85. The number of rotatable bonds is 2. The number of fused-ring (bicyclic) bond motifs is 8. The molecule has 0 saturated carbocycles. The molecule has 0 N–H and O–H groups in total. The molecule has 234 valence electrons. The summed E-state index contributed by atoms with van der Waals surface area (Å²) in [7, 11) is 0. The highest BCUT2D eigenvalue weighted by Gasteiger charge is 2.24. The van der Waals surface area contributed by atoms with Crippen LogP contribution in [0.5, 0.6) is 0 Å². The largest absolute Gasteiger partial charge is 0.456 e. The minimum Gasteiger partial charge on any atom is -0.456 e. The maximum absolute atomic E-state index is 6.22. The van der Waals surface area contributed by atoms with Gasteiger partial charge in [-0.2, -0.15) is 0 Å². The fourth-order valence-corrected chi connectivity index (χ4v) is 7.74. The molecule has 0 fully saturated rings. The van der Waals surface area contributed by atoms with E-state index in [-0.39, 0.29) is 10.8 Å². The van der Waals surface area contributed by atoms with Crippen molar-refractivity contribution in [3.05, 3.63) is 139 Å². The van der Waals surface area contributed by atoms with Crippen molar-refractivity contribution < 1.29 is 4.42 Å². The molecule has 0 atom stereocenters. The van der Waals surface area contributed by atoms with Crippen LogP contribution in [0.15, 0.2) is 132 Å². The van der Waals surface area contributed by atoms with Crippen molar-refractivity contribution in [3.8, 4) is 16.8 Å². The maximum atomic E-state index is 6.22. The monoisotopic (exact) mass is 621 g/mol. The summed E-state index contributed by atoms with van der Waals surface area (Å²) in [6, 6.07) is 47.1. The Morgan fingerprint density at radius 1 is 0.417 bits per heavy atom. The Balaban J connectivity index is 1.42. The first-order chi connectivity index (χ1) is 23.1. The van der Waals surface area contributed by atoms with E-state index < -0.39 is 0 Å². The average Bonchev–Trinajstić information content (AvgIpc) is 3.61. The lowest BCUT2D eigenvalue weighted by Gasteiger charge is -2.21. The highest BCUT2D eigenvalue weighted by atomic mass is 16.3. The lowest BCUT2D eigenvalue weighted by molar-refractivity contribution is 0.590. The van der Waals surface area contributed by atoms with Gasteiger partial charge in [0, 0.05) is 32.3 Å². The molecule has 0 aliphatic carbocycles. The Morgan fingerprint density at radius 2 is 0.896 bits per heavy atom. The molecule has 0 unspecified atom stereocenters. The Hall–Kier alpha value is -5.34. The van der Waals surface area contributed by atoms with Gasteiger partial charge < -0.3 is 8.98 Å². The molecule has 2 nitrogen and oxygen atoms in total. The number of para-hydroxylation sites is 1. The first-order valence-electron chi connectivity index (χ1n) is 17.0. The topological polar surface area (TPSA) is 18.1 Å². The van der Waals surface area contributed by atoms with Crippen LogP contribution in [0.3, 0.4) is 0 Å². The second-order valence-corrected chi connectivity index (χ2v) is 15.4. The highest BCUT2D eigenvalue weighted by Crippen LogP contribution is 2.46. The molecule has 2 aromatic heterocycles. The molecule has 0 aliphatic heterocycles. The van der Waals surface area contributed by atoms with Gasteiger partial charge in [0.05, 0.1) is 16.7 Å². The Kier molecular flexibility index (Phi) is 6.06. The van der Waals surface area contributed by atoms with Crippen LogP contribution in [0.25, 0.3) is 82.1 Å². The SMILES string of the molecule is CC(C)(C)c1ccc2c(c1)c1cc(C(C)(C)C)ccc1n2-c1c2ccccc2c(-c2ccc3oc4ccccc4c3c2)c2ccccc12. The number of benzene rings is 7. The van der Waals surface area contributed by atoms with Crippen LogP contribution in [0.2, 0.25) is 0 Å². The van der Waals surface area contributed by atoms with Crippen LogP contribution < -0.4 is 0 Å². The van der Waals surface area contributed by atoms with Crippen molar-refractivity contribution in [3.63, 3.8) is 0 Å². The van der Waals surface area contributed by atoms with Gasteiger partial charge in [0.2, 0.25) is 0 Å². The molecule has 0 amide bonds. The minimum absolute atomic E-state index is 0.0483. The van der Waals surface area contributed by atoms with Crippen molar-refractivity contribution >= 4 is 65.3 Å². The van der Waals surface area contributed by atoms with Gasteiger partial charge in [0.25, 0.3) is 0 Å². The van der Waals surface area contributed by atoms with Gasteiger partial charge in [0.15, 0.2) is 0 Å². The smallest absolute Gasteiger partial charge is 0.135 e. The summed E-state index contributed by atoms with van der Waals surface area (Å²) in [5.74, 6) is 0. The molecule has 2 heterocycles. The van der Waals surface area contributed by atoms with E-state index in [0.29, 0.717) is 0 Å². The quantitative estimate of drug-likeness (QED) is 0.176. The Bertz CT molecular complexity index is 2610. The predicted molar refractivity (Wildman–Crippen MR) is 206 cm³/mol. The summed E-state index contributed by atoms with van der Waals surface area (Å²) in [5, 5.41) is 9.86. The average molecular weight is 622 g/mol. The Labute approximate surface area is 281 Å². The van der Waals surface area contributed by atoms with Crippen molar-refractivity contribution in [1.29, 1.82) is 0 Å². The third-order valence-electron chi connectivity index (χ3n) is 10.3. The van der Waals surface area contributed by atoms with E-state index >= 15 is 0 Å². The van der Waals surface area contributed by atoms with E-state index in [1.807, 2.05) is 6.07 Å². The molecule has 48 heavy (non-hydrogen) atoms. The maximum Gasteiger partial charge on any atom is 0.135 e. The van der Waals surface area contributed by atoms with Crippen LogP contribution in [0.1, 0.15) is 52.7 Å². The highest BCUT2D eigenvalue weighted by molar-refractivity contribution is 6.21. The van der Waals surface area contributed by atoms with E-state index in [9.17, 15) is 0 Å². The molecular weight excluding hydrogens is 583 g/mol. The summed E-state index contributed by atoms with van der Waals surface area (Å²) in [6.07, 6.45) is 0. The summed E-state index contributed by atoms with van der Waals surface area (Å²) in [5.41, 5.74) is 10.8. The van der Waals surface area contributed by atoms with E-state index in [1.54, 1.807) is 0 Å². The molecule has 0 aliphatic rings. The number of hydrogen-bond acceptors (Lipinski definition) is 1.